The van der Waals surface area contributed by atoms with Gasteiger partial charge in [0.05, 0.1) is 13.0 Å². The molecule has 1 aromatic carbocycles. The first-order valence-electron chi connectivity index (χ1n) is 7.35. The molecule has 0 bridgehead atoms. The molecule has 0 atom stereocenters. The van der Waals surface area contributed by atoms with Crippen molar-refractivity contribution in [1.82, 2.24) is 5.32 Å². The Labute approximate surface area is 134 Å². The monoisotopic (exact) mass is 316 g/mol. The van der Waals surface area contributed by atoms with Gasteiger partial charge in [0.15, 0.2) is 0 Å². The molecular formula is C17H20N2O2S. The van der Waals surface area contributed by atoms with E-state index >= 15 is 0 Å². The number of carbonyl (C=O) groups excluding carboxylic acids is 2. The minimum Gasteiger partial charge on any atom is -0.351 e. The van der Waals surface area contributed by atoms with E-state index in [1.54, 1.807) is 11.3 Å². The van der Waals surface area contributed by atoms with Crippen molar-refractivity contribution in [2.24, 2.45) is 0 Å². The maximum atomic E-state index is 11.9. The minimum absolute atomic E-state index is 0.00355. The van der Waals surface area contributed by atoms with Gasteiger partial charge >= 0.3 is 0 Å². The topological polar surface area (TPSA) is 58.2 Å². The maximum absolute atomic E-state index is 11.9. The van der Waals surface area contributed by atoms with Crippen LogP contribution in [0.2, 0.25) is 0 Å². The fraction of sp³-hybridized carbons (Fsp3) is 0.294. The third-order valence-electron chi connectivity index (χ3n) is 3.12. The second kappa shape index (κ2) is 8.34. The van der Waals surface area contributed by atoms with Gasteiger partial charge in [-0.25, -0.2) is 0 Å². The van der Waals surface area contributed by atoms with Crippen LogP contribution in [0.5, 0.6) is 0 Å². The first-order chi connectivity index (χ1) is 10.7. The molecule has 22 heavy (non-hydrogen) atoms. The predicted molar refractivity (Wildman–Crippen MR) is 89.8 cm³/mol. The number of anilines is 1. The van der Waals surface area contributed by atoms with Crippen LogP contribution in [0, 0.1) is 0 Å². The smallest absolute Gasteiger partial charge is 0.224 e. The number of nitrogens with one attached hydrogen (secondary N) is 2. The van der Waals surface area contributed by atoms with E-state index in [9.17, 15) is 9.59 Å². The predicted octanol–water partition coefficient (Wildman–Crippen LogP) is 3.35. The summed E-state index contributed by atoms with van der Waals surface area (Å²) in [5.41, 5.74) is 1.69. The second-order valence-corrected chi connectivity index (χ2v) is 6.06. The number of hydrogen-bond acceptors (Lipinski definition) is 3. The molecule has 0 aliphatic heterocycles. The average Bonchev–Trinajstić information content (AvgIpc) is 3.01. The van der Waals surface area contributed by atoms with Crippen LogP contribution in [0.1, 0.15) is 30.2 Å². The summed E-state index contributed by atoms with van der Waals surface area (Å²) in [5.74, 6) is 0.0140. The Kier molecular flexibility index (Phi) is 6.15. The molecule has 0 unspecified atom stereocenters. The first kappa shape index (κ1) is 16.2. The standard InChI is InChI=1S/C17H20N2O2S/c1-2-4-16(20)19-14-8-6-13(7-9-14)11-17(21)18-12-15-5-3-10-22-15/h3,5-10H,2,4,11-12H2,1H3,(H,18,21)(H,19,20). The molecule has 116 valence electrons. The molecule has 0 spiro atoms. The lowest BCUT2D eigenvalue weighted by Gasteiger charge is -2.07. The molecule has 0 fully saturated rings. The van der Waals surface area contributed by atoms with Crippen molar-refractivity contribution >= 4 is 28.8 Å². The van der Waals surface area contributed by atoms with Crippen LogP contribution in [-0.4, -0.2) is 11.8 Å². The van der Waals surface area contributed by atoms with E-state index in [1.807, 2.05) is 48.7 Å². The van der Waals surface area contributed by atoms with Crippen LogP contribution in [0.4, 0.5) is 5.69 Å². The Bertz CT molecular complexity index is 606. The van der Waals surface area contributed by atoms with Crippen molar-refractivity contribution < 1.29 is 9.59 Å². The molecule has 4 nitrogen and oxygen atoms in total. The Morgan fingerprint density at radius 2 is 1.86 bits per heavy atom. The summed E-state index contributed by atoms with van der Waals surface area (Å²) >= 11 is 1.63. The molecule has 0 saturated carbocycles. The Hall–Kier alpha value is -2.14. The molecule has 1 aromatic heterocycles. The van der Waals surface area contributed by atoms with Gasteiger partial charge in [-0.3, -0.25) is 9.59 Å². The number of thiophene rings is 1. The minimum atomic E-state index is -0.00355. The average molecular weight is 316 g/mol. The molecule has 0 aliphatic carbocycles. The van der Waals surface area contributed by atoms with E-state index in [0.29, 0.717) is 19.4 Å². The highest BCUT2D eigenvalue weighted by molar-refractivity contribution is 7.09. The van der Waals surface area contributed by atoms with Gasteiger partial charge in [-0.05, 0) is 35.6 Å². The number of hydrogen-bond donors (Lipinski definition) is 2. The molecule has 0 aliphatic rings. The summed E-state index contributed by atoms with van der Waals surface area (Å²) in [5, 5.41) is 7.72. The third kappa shape index (κ3) is 5.33. The van der Waals surface area contributed by atoms with E-state index < -0.39 is 0 Å². The summed E-state index contributed by atoms with van der Waals surface area (Å²) in [6.45, 7) is 2.54. The van der Waals surface area contributed by atoms with Gasteiger partial charge in [0, 0.05) is 17.0 Å². The van der Waals surface area contributed by atoms with Gasteiger partial charge in [-0.15, -0.1) is 11.3 Å². The summed E-state index contributed by atoms with van der Waals surface area (Å²) in [6, 6.07) is 11.4. The fourth-order valence-electron chi connectivity index (χ4n) is 2.00. The van der Waals surface area contributed by atoms with E-state index in [4.69, 9.17) is 0 Å². The van der Waals surface area contributed by atoms with Gasteiger partial charge in [0.2, 0.25) is 11.8 Å². The lowest BCUT2D eigenvalue weighted by atomic mass is 10.1. The SMILES string of the molecule is CCCC(=O)Nc1ccc(CC(=O)NCc2cccs2)cc1. The molecule has 2 rings (SSSR count). The molecular weight excluding hydrogens is 296 g/mol. The Morgan fingerprint density at radius 1 is 1.09 bits per heavy atom. The maximum Gasteiger partial charge on any atom is 0.224 e. The molecule has 0 saturated heterocycles. The summed E-state index contributed by atoms with van der Waals surface area (Å²) in [6.07, 6.45) is 1.69. The fourth-order valence-corrected chi connectivity index (χ4v) is 2.65. The lowest BCUT2D eigenvalue weighted by Crippen LogP contribution is -2.24. The first-order valence-corrected chi connectivity index (χ1v) is 8.23. The van der Waals surface area contributed by atoms with Crippen molar-refractivity contribution in [3.05, 3.63) is 52.2 Å². The normalized spacial score (nSPS) is 10.2. The van der Waals surface area contributed by atoms with Crippen LogP contribution in [-0.2, 0) is 22.6 Å². The third-order valence-corrected chi connectivity index (χ3v) is 4.00. The molecule has 5 heteroatoms. The van der Waals surface area contributed by atoms with E-state index in [1.165, 1.54) is 0 Å². The largest absolute Gasteiger partial charge is 0.351 e. The quantitative estimate of drug-likeness (QED) is 0.823. The lowest BCUT2D eigenvalue weighted by molar-refractivity contribution is -0.120. The van der Waals surface area contributed by atoms with Crippen LogP contribution < -0.4 is 10.6 Å². The van der Waals surface area contributed by atoms with Gasteiger partial charge in [0.25, 0.3) is 0 Å². The van der Waals surface area contributed by atoms with Crippen LogP contribution >= 0.6 is 11.3 Å². The van der Waals surface area contributed by atoms with Gasteiger partial charge < -0.3 is 10.6 Å². The van der Waals surface area contributed by atoms with Crippen LogP contribution in [0.15, 0.2) is 41.8 Å². The van der Waals surface area contributed by atoms with Crippen LogP contribution in [0.25, 0.3) is 0 Å². The number of benzene rings is 1. The van der Waals surface area contributed by atoms with E-state index in [-0.39, 0.29) is 11.8 Å². The van der Waals surface area contributed by atoms with Crippen molar-refractivity contribution in [3.8, 4) is 0 Å². The van der Waals surface area contributed by atoms with Crippen molar-refractivity contribution in [3.63, 3.8) is 0 Å². The zero-order chi connectivity index (χ0) is 15.8. The molecule has 2 N–H and O–H groups in total. The van der Waals surface area contributed by atoms with E-state index in [0.717, 1.165) is 22.5 Å². The summed E-state index contributed by atoms with van der Waals surface area (Å²) in [7, 11) is 0. The number of amides is 2. The highest BCUT2D eigenvalue weighted by Gasteiger charge is 2.05. The molecule has 2 aromatic rings. The van der Waals surface area contributed by atoms with E-state index in [2.05, 4.69) is 10.6 Å². The molecule has 2 amide bonds. The van der Waals surface area contributed by atoms with Crippen molar-refractivity contribution in [2.75, 3.05) is 5.32 Å². The highest BCUT2D eigenvalue weighted by Crippen LogP contribution is 2.11. The van der Waals surface area contributed by atoms with Crippen LogP contribution in [0.3, 0.4) is 0 Å². The zero-order valence-corrected chi connectivity index (χ0v) is 13.4. The highest BCUT2D eigenvalue weighted by atomic mass is 32.1. The van der Waals surface area contributed by atoms with Gasteiger partial charge in [-0.1, -0.05) is 25.1 Å². The second-order valence-electron chi connectivity index (χ2n) is 5.03. The zero-order valence-electron chi connectivity index (χ0n) is 12.6. The molecule has 1 heterocycles. The van der Waals surface area contributed by atoms with Gasteiger partial charge in [-0.2, -0.15) is 0 Å². The van der Waals surface area contributed by atoms with Crippen molar-refractivity contribution in [1.29, 1.82) is 0 Å². The number of rotatable bonds is 7. The van der Waals surface area contributed by atoms with Gasteiger partial charge in [0.1, 0.15) is 0 Å². The summed E-state index contributed by atoms with van der Waals surface area (Å²) < 4.78 is 0. The molecule has 0 radical (unpaired) electrons. The Balaban J connectivity index is 1.80. The van der Waals surface area contributed by atoms with Crippen molar-refractivity contribution in [2.45, 2.75) is 32.7 Å². The number of carbonyl (C=O) groups is 2. The Morgan fingerprint density at radius 3 is 2.50 bits per heavy atom. The summed E-state index contributed by atoms with van der Waals surface area (Å²) in [4.78, 5) is 24.5.